The van der Waals surface area contributed by atoms with Crippen molar-refractivity contribution in [2.24, 2.45) is 0 Å². The number of nitrogens with zero attached hydrogens (tertiary/aromatic N) is 2. The molecule has 6 nitrogen and oxygen atoms in total. The van der Waals surface area contributed by atoms with E-state index in [1.54, 1.807) is 12.3 Å². The zero-order chi connectivity index (χ0) is 24.0. The van der Waals surface area contributed by atoms with Crippen LogP contribution in [0.15, 0.2) is 54.2 Å². The van der Waals surface area contributed by atoms with Gasteiger partial charge in [-0.15, -0.1) is 0 Å². The highest BCUT2D eigenvalue weighted by Crippen LogP contribution is 2.27. The van der Waals surface area contributed by atoms with Crippen LogP contribution in [0.4, 0.5) is 0 Å². The van der Waals surface area contributed by atoms with Gasteiger partial charge in [0.1, 0.15) is 5.82 Å². The number of carboxylic acids is 2. The van der Waals surface area contributed by atoms with Crippen LogP contribution in [0.3, 0.4) is 0 Å². The second kappa shape index (κ2) is 11.2. The molecule has 0 aliphatic heterocycles. The third-order valence-corrected chi connectivity index (χ3v) is 5.92. The van der Waals surface area contributed by atoms with Crippen molar-refractivity contribution in [3.05, 3.63) is 92.5 Å². The highest BCUT2D eigenvalue weighted by Gasteiger charge is 2.17. The number of hydrogen-bond donors (Lipinski definition) is 2. The van der Waals surface area contributed by atoms with E-state index >= 15 is 0 Å². The molecule has 0 fully saturated rings. The van der Waals surface area contributed by atoms with Crippen LogP contribution >= 0.6 is 23.2 Å². The molecule has 3 aromatic rings. The normalized spacial score (nSPS) is 11.5. The first-order valence-corrected chi connectivity index (χ1v) is 11.3. The van der Waals surface area contributed by atoms with E-state index in [1.165, 1.54) is 12.1 Å². The van der Waals surface area contributed by atoms with E-state index in [1.807, 2.05) is 34.9 Å². The molecule has 172 valence electrons. The molecule has 0 atom stereocenters. The second-order valence-electron chi connectivity index (χ2n) is 7.65. The molecule has 0 saturated heterocycles. The van der Waals surface area contributed by atoms with Gasteiger partial charge in [0.15, 0.2) is 0 Å². The maximum atomic E-state index is 12.0. The first-order valence-electron chi connectivity index (χ1n) is 10.5. The Bertz CT molecular complexity index is 1190. The summed E-state index contributed by atoms with van der Waals surface area (Å²) in [6, 6.07) is 12.2. The zero-order valence-corrected chi connectivity index (χ0v) is 19.6. The van der Waals surface area contributed by atoms with Gasteiger partial charge in [0, 0.05) is 23.4 Å². The lowest BCUT2D eigenvalue weighted by atomic mass is 10.0. The van der Waals surface area contributed by atoms with E-state index in [0.717, 1.165) is 24.2 Å². The zero-order valence-electron chi connectivity index (χ0n) is 18.1. The summed E-state index contributed by atoms with van der Waals surface area (Å²) in [7, 11) is 0. The number of aromatic nitrogens is 2. The van der Waals surface area contributed by atoms with Gasteiger partial charge >= 0.3 is 11.9 Å². The van der Waals surface area contributed by atoms with Gasteiger partial charge in [0.2, 0.25) is 0 Å². The standard InChI is InChI=1S/C25H24Cl2N2O4/c1-2-3-9-23-28-14-19(11-17(24(30)31)10-16-7-5-4-6-8-16)29(23)15-18-12-22(27)20(25(32)33)13-21(18)26/h4-8,11-14H,2-3,9-10,15H2,1H3,(H,30,31)(H,32,33). The number of carboxylic acid groups (broad SMARTS) is 2. The number of unbranched alkanes of at least 4 members (excludes halogenated alkanes) is 1. The molecule has 0 aliphatic carbocycles. The first-order chi connectivity index (χ1) is 15.8. The van der Waals surface area contributed by atoms with E-state index in [-0.39, 0.29) is 34.1 Å². The van der Waals surface area contributed by atoms with Gasteiger partial charge in [-0.25, -0.2) is 14.6 Å². The molecule has 33 heavy (non-hydrogen) atoms. The van der Waals surface area contributed by atoms with Gasteiger partial charge in [-0.05, 0) is 35.8 Å². The average Bonchev–Trinajstić information content (AvgIpc) is 3.15. The minimum absolute atomic E-state index is 0.0709. The van der Waals surface area contributed by atoms with Gasteiger partial charge < -0.3 is 14.8 Å². The van der Waals surface area contributed by atoms with Gasteiger partial charge in [-0.3, -0.25) is 0 Å². The van der Waals surface area contributed by atoms with E-state index in [0.29, 0.717) is 17.7 Å². The fourth-order valence-electron chi connectivity index (χ4n) is 3.49. The van der Waals surface area contributed by atoms with Gasteiger partial charge in [-0.2, -0.15) is 0 Å². The molecule has 0 radical (unpaired) electrons. The van der Waals surface area contributed by atoms with Crippen LogP contribution in [-0.2, 0) is 24.2 Å². The molecule has 1 heterocycles. The summed E-state index contributed by atoms with van der Waals surface area (Å²) in [5.74, 6) is -1.37. The van der Waals surface area contributed by atoms with Crippen LogP contribution in [0.1, 0.15) is 52.8 Å². The van der Waals surface area contributed by atoms with Crippen molar-refractivity contribution < 1.29 is 19.8 Å². The summed E-state index contributed by atoms with van der Waals surface area (Å²) in [5, 5.41) is 19.4. The predicted octanol–water partition coefficient (Wildman–Crippen LogP) is 5.99. The molecule has 0 unspecified atom stereocenters. The quantitative estimate of drug-likeness (QED) is 0.343. The number of aryl methyl sites for hydroxylation is 1. The highest BCUT2D eigenvalue weighted by molar-refractivity contribution is 6.36. The third-order valence-electron chi connectivity index (χ3n) is 5.25. The van der Waals surface area contributed by atoms with Crippen molar-refractivity contribution in [2.45, 2.75) is 39.2 Å². The van der Waals surface area contributed by atoms with Crippen molar-refractivity contribution in [1.29, 1.82) is 0 Å². The minimum atomic E-state index is -1.16. The van der Waals surface area contributed by atoms with Crippen LogP contribution in [0.25, 0.3) is 6.08 Å². The largest absolute Gasteiger partial charge is 0.478 e. The van der Waals surface area contributed by atoms with Crippen LogP contribution in [0.5, 0.6) is 0 Å². The predicted molar refractivity (Wildman–Crippen MR) is 129 cm³/mol. The molecule has 0 spiro atoms. The summed E-state index contributed by atoms with van der Waals surface area (Å²) in [5.41, 5.74) is 2.30. The lowest BCUT2D eigenvalue weighted by Crippen LogP contribution is -2.10. The summed E-state index contributed by atoms with van der Waals surface area (Å²) in [4.78, 5) is 27.8. The Labute approximate surface area is 202 Å². The Kier molecular flexibility index (Phi) is 8.31. The van der Waals surface area contributed by atoms with Crippen LogP contribution in [0.2, 0.25) is 10.0 Å². The van der Waals surface area contributed by atoms with Crippen molar-refractivity contribution in [3.63, 3.8) is 0 Å². The SMILES string of the molecule is CCCCc1ncc(C=C(Cc2ccccc2)C(=O)O)n1Cc1cc(Cl)c(C(=O)O)cc1Cl. The van der Waals surface area contributed by atoms with Gasteiger partial charge in [0.25, 0.3) is 0 Å². The lowest BCUT2D eigenvalue weighted by Gasteiger charge is -2.14. The molecule has 1 aromatic heterocycles. The molecule has 0 bridgehead atoms. The number of rotatable bonds is 10. The second-order valence-corrected chi connectivity index (χ2v) is 8.47. The average molecular weight is 487 g/mol. The molecule has 2 N–H and O–H groups in total. The monoisotopic (exact) mass is 486 g/mol. The number of halogens is 2. The molecule has 8 heteroatoms. The topological polar surface area (TPSA) is 92.4 Å². The molecule has 2 aromatic carbocycles. The molecule has 0 aliphatic rings. The van der Waals surface area contributed by atoms with Crippen LogP contribution in [-0.4, -0.2) is 31.7 Å². The number of aromatic carboxylic acids is 1. The van der Waals surface area contributed by atoms with E-state index in [2.05, 4.69) is 11.9 Å². The Morgan fingerprint density at radius 2 is 1.82 bits per heavy atom. The number of imidazole rings is 1. The minimum Gasteiger partial charge on any atom is -0.478 e. The Morgan fingerprint density at radius 1 is 1.09 bits per heavy atom. The fourth-order valence-corrected chi connectivity index (χ4v) is 3.98. The van der Waals surface area contributed by atoms with Crippen LogP contribution < -0.4 is 0 Å². The van der Waals surface area contributed by atoms with E-state index < -0.39 is 11.9 Å². The third kappa shape index (κ3) is 6.24. The summed E-state index contributed by atoms with van der Waals surface area (Å²) in [6.45, 7) is 2.36. The fraction of sp³-hybridized carbons (Fsp3) is 0.240. The number of hydrogen-bond acceptors (Lipinski definition) is 3. The maximum absolute atomic E-state index is 12.0. The van der Waals surface area contributed by atoms with E-state index in [9.17, 15) is 19.8 Å². The molecular formula is C25H24Cl2N2O4. The number of benzene rings is 2. The molecule has 0 amide bonds. The lowest BCUT2D eigenvalue weighted by molar-refractivity contribution is -0.132. The van der Waals surface area contributed by atoms with Crippen molar-refractivity contribution in [1.82, 2.24) is 9.55 Å². The Hall–Kier alpha value is -3.09. The van der Waals surface area contributed by atoms with Crippen LogP contribution in [0, 0.1) is 0 Å². The summed E-state index contributed by atoms with van der Waals surface area (Å²) in [6.07, 6.45) is 6.16. The highest BCUT2D eigenvalue weighted by atomic mass is 35.5. The molecule has 3 rings (SSSR count). The van der Waals surface area contributed by atoms with Gasteiger partial charge in [-0.1, -0.05) is 66.9 Å². The van der Waals surface area contributed by atoms with Gasteiger partial charge in [0.05, 0.1) is 29.0 Å². The summed E-state index contributed by atoms with van der Waals surface area (Å²) < 4.78 is 1.90. The Morgan fingerprint density at radius 3 is 2.45 bits per heavy atom. The number of carbonyl (C=O) groups is 2. The molecule has 0 saturated carbocycles. The van der Waals surface area contributed by atoms with Crippen molar-refractivity contribution >= 4 is 41.2 Å². The number of aliphatic carboxylic acids is 1. The molecular weight excluding hydrogens is 463 g/mol. The van der Waals surface area contributed by atoms with E-state index in [4.69, 9.17) is 23.2 Å². The Balaban J connectivity index is 2.03. The first kappa shape index (κ1) is 24.6. The van der Waals surface area contributed by atoms with Crippen molar-refractivity contribution in [2.75, 3.05) is 0 Å². The maximum Gasteiger partial charge on any atom is 0.337 e. The summed E-state index contributed by atoms with van der Waals surface area (Å²) >= 11 is 12.5. The van der Waals surface area contributed by atoms with Crippen molar-refractivity contribution in [3.8, 4) is 0 Å². The smallest absolute Gasteiger partial charge is 0.337 e.